The fraction of sp³-hybridized carbons (Fsp3) is 0.231. The van der Waals surface area contributed by atoms with Crippen LogP contribution in [0.2, 0.25) is 0 Å². The van der Waals surface area contributed by atoms with Crippen molar-refractivity contribution in [3.8, 4) is 11.5 Å². The molecule has 2 aromatic rings. The summed E-state index contributed by atoms with van der Waals surface area (Å²) in [7, 11) is 0. The summed E-state index contributed by atoms with van der Waals surface area (Å²) < 4.78 is 1.61. The molecule has 0 spiro atoms. The van der Waals surface area contributed by atoms with Gasteiger partial charge in [0.15, 0.2) is 5.82 Å². The summed E-state index contributed by atoms with van der Waals surface area (Å²) in [4.78, 5) is 24.0. The SMILES string of the molecule is O=C(O)c1cnc(-c2ncc(Br)cc2Br)nc1C1CC1. The van der Waals surface area contributed by atoms with Crippen LogP contribution in [0.3, 0.4) is 0 Å². The third-order valence-electron chi connectivity index (χ3n) is 3.03. The Morgan fingerprint density at radius 2 is 2.00 bits per heavy atom. The van der Waals surface area contributed by atoms with Gasteiger partial charge in [0.25, 0.3) is 0 Å². The third kappa shape index (κ3) is 2.60. The molecule has 2 aromatic heterocycles. The number of hydrogen-bond donors (Lipinski definition) is 1. The molecule has 1 N–H and O–H groups in total. The molecular formula is C13H9Br2N3O2. The first kappa shape index (κ1) is 13.6. The Hall–Kier alpha value is -1.34. The van der Waals surface area contributed by atoms with Crippen molar-refractivity contribution in [2.75, 3.05) is 0 Å². The molecule has 0 amide bonds. The van der Waals surface area contributed by atoms with Crippen LogP contribution in [-0.4, -0.2) is 26.0 Å². The number of pyridine rings is 1. The Bertz CT molecular complexity index is 702. The minimum Gasteiger partial charge on any atom is -0.478 e. The largest absolute Gasteiger partial charge is 0.478 e. The monoisotopic (exact) mass is 397 g/mol. The van der Waals surface area contributed by atoms with Crippen LogP contribution in [0, 0.1) is 0 Å². The van der Waals surface area contributed by atoms with Gasteiger partial charge in [0, 0.05) is 27.3 Å². The van der Waals surface area contributed by atoms with Crippen molar-refractivity contribution >= 4 is 37.8 Å². The lowest BCUT2D eigenvalue weighted by atomic mass is 10.1. The average Bonchev–Trinajstić information content (AvgIpc) is 3.22. The number of rotatable bonds is 3. The zero-order valence-electron chi connectivity index (χ0n) is 10.2. The van der Waals surface area contributed by atoms with Crippen LogP contribution in [0.15, 0.2) is 27.4 Å². The zero-order chi connectivity index (χ0) is 14.3. The summed E-state index contributed by atoms with van der Waals surface area (Å²) in [5.41, 5.74) is 1.40. The van der Waals surface area contributed by atoms with Gasteiger partial charge >= 0.3 is 5.97 Å². The van der Waals surface area contributed by atoms with E-state index in [-0.39, 0.29) is 11.5 Å². The second kappa shape index (κ2) is 5.21. The Morgan fingerprint density at radius 1 is 1.25 bits per heavy atom. The van der Waals surface area contributed by atoms with Crippen LogP contribution in [0.5, 0.6) is 0 Å². The van der Waals surface area contributed by atoms with Crippen LogP contribution in [-0.2, 0) is 0 Å². The van der Waals surface area contributed by atoms with Gasteiger partial charge in [0.1, 0.15) is 5.69 Å². The van der Waals surface area contributed by atoms with Gasteiger partial charge in [-0.1, -0.05) is 0 Å². The highest BCUT2D eigenvalue weighted by molar-refractivity contribution is 9.11. The first-order valence-corrected chi connectivity index (χ1v) is 7.56. The van der Waals surface area contributed by atoms with Crippen molar-refractivity contribution in [2.24, 2.45) is 0 Å². The lowest BCUT2D eigenvalue weighted by Crippen LogP contribution is -2.07. The summed E-state index contributed by atoms with van der Waals surface area (Å²) >= 11 is 6.76. The maximum atomic E-state index is 11.2. The standard InChI is InChI=1S/C13H9Br2N3O2/c14-7-3-9(15)11(16-4-7)12-17-5-8(13(19)20)10(18-12)6-1-2-6/h3-6H,1-2H2,(H,19,20). The molecular weight excluding hydrogens is 390 g/mol. The van der Waals surface area contributed by atoms with Crippen molar-refractivity contribution in [3.63, 3.8) is 0 Å². The van der Waals surface area contributed by atoms with Gasteiger partial charge in [0.05, 0.1) is 11.3 Å². The minimum atomic E-state index is -0.985. The summed E-state index contributed by atoms with van der Waals surface area (Å²) in [6.45, 7) is 0. The van der Waals surface area contributed by atoms with Crippen molar-refractivity contribution in [1.82, 2.24) is 15.0 Å². The van der Waals surface area contributed by atoms with Gasteiger partial charge in [-0.2, -0.15) is 0 Å². The molecule has 3 rings (SSSR count). The average molecular weight is 399 g/mol. The Kier molecular flexibility index (Phi) is 3.55. The number of halogens is 2. The molecule has 1 aliphatic rings. The molecule has 0 unspecified atom stereocenters. The second-order valence-electron chi connectivity index (χ2n) is 4.56. The van der Waals surface area contributed by atoms with E-state index in [4.69, 9.17) is 0 Å². The molecule has 0 saturated heterocycles. The molecule has 20 heavy (non-hydrogen) atoms. The summed E-state index contributed by atoms with van der Waals surface area (Å²) in [6, 6.07) is 1.85. The Labute approximate surface area is 131 Å². The molecule has 5 nitrogen and oxygen atoms in total. The van der Waals surface area contributed by atoms with E-state index in [0.29, 0.717) is 17.2 Å². The van der Waals surface area contributed by atoms with E-state index in [0.717, 1.165) is 21.8 Å². The van der Waals surface area contributed by atoms with Crippen molar-refractivity contribution < 1.29 is 9.90 Å². The number of carboxylic acid groups (broad SMARTS) is 1. The molecule has 102 valence electrons. The highest BCUT2D eigenvalue weighted by atomic mass is 79.9. The van der Waals surface area contributed by atoms with Crippen LogP contribution < -0.4 is 0 Å². The number of aromatic nitrogens is 3. The van der Waals surface area contributed by atoms with E-state index in [1.165, 1.54) is 6.20 Å². The van der Waals surface area contributed by atoms with Gasteiger partial charge in [-0.3, -0.25) is 4.98 Å². The molecule has 0 radical (unpaired) electrons. The van der Waals surface area contributed by atoms with Gasteiger partial charge < -0.3 is 5.11 Å². The molecule has 0 atom stereocenters. The number of aromatic carboxylic acids is 1. The number of carboxylic acids is 1. The van der Waals surface area contributed by atoms with Gasteiger partial charge in [-0.25, -0.2) is 14.8 Å². The quantitative estimate of drug-likeness (QED) is 0.853. The molecule has 7 heteroatoms. The summed E-state index contributed by atoms with van der Waals surface area (Å²) in [5.74, 6) is -0.311. The van der Waals surface area contributed by atoms with Crippen LogP contribution in [0.4, 0.5) is 0 Å². The molecule has 1 saturated carbocycles. The van der Waals surface area contributed by atoms with Gasteiger partial charge in [-0.15, -0.1) is 0 Å². The zero-order valence-corrected chi connectivity index (χ0v) is 13.3. The molecule has 1 aliphatic carbocycles. The van der Waals surface area contributed by atoms with Crippen LogP contribution in [0.25, 0.3) is 11.5 Å². The number of hydrogen-bond acceptors (Lipinski definition) is 4. The van der Waals surface area contributed by atoms with Crippen molar-refractivity contribution in [2.45, 2.75) is 18.8 Å². The fourth-order valence-corrected chi connectivity index (χ4v) is 3.09. The lowest BCUT2D eigenvalue weighted by Gasteiger charge is -2.07. The molecule has 1 fully saturated rings. The van der Waals surface area contributed by atoms with E-state index in [2.05, 4.69) is 46.8 Å². The first-order chi connectivity index (χ1) is 9.56. The molecule has 0 aromatic carbocycles. The van der Waals surface area contributed by atoms with Crippen LogP contribution >= 0.6 is 31.9 Å². The smallest absolute Gasteiger partial charge is 0.339 e. The predicted octanol–water partition coefficient (Wildman–Crippen LogP) is 3.64. The van der Waals surface area contributed by atoms with E-state index in [1.807, 2.05) is 6.07 Å². The second-order valence-corrected chi connectivity index (χ2v) is 6.33. The van der Waals surface area contributed by atoms with Gasteiger partial charge in [0.2, 0.25) is 0 Å². The lowest BCUT2D eigenvalue weighted by molar-refractivity contribution is 0.0694. The van der Waals surface area contributed by atoms with E-state index >= 15 is 0 Å². The highest BCUT2D eigenvalue weighted by Gasteiger charge is 2.30. The number of nitrogens with zero attached hydrogens (tertiary/aromatic N) is 3. The predicted molar refractivity (Wildman–Crippen MR) is 79.6 cm³/mol. The fourth-order valence-electron chi connectivity index (χ4n) is 1.92. The topological polar surface area (TPSA) is 76.0 Å². The normalized spacial score (nSPS) is 14.3. The maximum absolute atomic E-state index is 11.2. The van der Waals surface area contributed by atoms with Crippen molar-refractivity contribution in [3.05, 3.63) is 38.7 Å². The Morgan fingerprint density at radius 3 is 2.60 bits per heavy atom. The van der Waals surface area contributed by atoms with Crippen LogP contribution in [0.1, 0.15) is 34.8 Å². The summed E-state index contributed by atoms with van der Waals surface area (Å²) in [6.07, 6.45) is 4.98. The minimum absolute atomic E-state index is 0.185. The first-order valence-electron chi connectivity index (χ1n) is 5.98. The highest BCUT2D eigenvalue weighted by Crippen LogP contribution is 2.41. The molecule has 0 bridgehead atoms. The third-order valence-corrected chi connectivity index (χ3v) is 4.07. The van der Waals surface area contributed by atoms with Gasteiger partial charge in [-0.05, 0) is 50.8 Å². The molecule has 2 heterocycles. The summed E-state index contributed by atoms with van der Waals surface area (Å²) in [5, 5.41) is 9.18. The molecule has 0 aliphatic heterocycles. The van der Waals surface area contributed by atoms with E-state index in [1.54, 1.807) is 6.20 Å². The van der Waals surface area contributed by atoms with Crippen molar-refractivity contribution in [1.29, 1.82) is 0 Å². The van der Waals surface area contributed by atoms with E-state index in [9.17, 15) is 9.90 Å². The Balaban J connectivity index is 2.10. The van der Waals surface area contributed by atoms with E-state index < -0.39 is 5.97 Å². The number of carbonyl (C=O) groups is 1. The maximum Gasteiger partial charge on any atom is 0.339 e.